The first kappa shape index (κ1) is 18.6. The number of methoxy groups -OCH3 is 1. The highest BCUT2D eigenvalue weighted by atomic mass is 35.5. The van der Waals surface area contributed by atoms with Gasteiger partial charge < -0.3 is 15.0 Å². The molecule has 2 aromatic rings. The lowest BCUT2D eigenvalue weighted by Crippen LogP contribution is -3.11. The Labute approximate surface area is 152 Å². The third-order valence-electron chi connectivity index (χ3n) is 3.78. The molecule has 2 aromatic carbocycles. The fourth-order valence-corrected chi connectivity index (χ4v) is 2.96. The molecule has 0 aliphatic carbocycles. The Balaban J connectivity index is 2.03. The summed E-state index contributed by atoms with van der Waals surface area (Å²) in [5.41, 5.74) is 1.53. The Bertz CT molecular complexity index is 687. The molecule has 0 bridgehead atoms. The summed E-state index contributed by atoms with van der Waals surface area (Å²) in [5.74, 6) is 0.553. The Morgan fingerprint density at radius 1 is 1.12 bits per heavy atom. The number of para-hydroxylation sites is 2. The predicted molar refractivity (Wildman–Crippen MR) is 98.2 cm³/mol. The zero-order valence-electron chi connectivity index (χ0n) is 13.7. The molecule has 6 heteroatoms. The summed E-state index contributed by atoms with van der Waals surface area (Å²) in [5, 5.41) is 4.14. The minimum atomic E-state index is -0.0838. The second-order valence-corrected chi connectivity index (χ2v) is 6.22. The van der Waals surface area contributed by atoms with Crippen LogP contribution in [0.5, 0.6) is 5.75 Å². The largest absolute Gasteiger partial charge is 0.495 e. The van der Waals surface area contributed by atoms with Crippen molar-refractivity contribution in [3.8, 4) is 5.75 Å². The molecule has 2 N–H and O–H groups in total. The molecular formula is C18H21Cl2N2O2+. The number of benzene rings is 2. The van der Waals surface area contributed by atoms with Gasteiger partial charge in [-0.25, -0.2) is 0 Å². The van der Waals surface area contributed by atoms with Crippen LogP contribution >= 0.6 is 23.2 Å². The molecular weight excluding hydrogens is 347 g/mol. The first-order valence-electron chi connectivity index (χ1n) is 7.74. The number of ether oxygens (including phenoxy) is 1. The zero-order chi connectivity index (χ0) is 17.5. The van der Waals surface area contributed by atoms with Gasteiger partial charge in [0.15, 0.2) is 6.54 Å². The van der Waals surface area contributed by atoms with Crippen LogP contribution in [0.3, 0.4) is 0 Å². The highest BCUT2D eigenvalue weighted by Gasteiger charge is 2.17. The van der Waals surface area contributed by atoms with Crippen molar-refractivity contribution < 1.29 is 14.4 Å². The van der Waals surface area contributed by atoms with Gasteiger partial charge in [0.2, 0.25) is 0 Å². The third-order valence-corrected chi connectivity index (χ3v) is 4.49. The number of amides is 1. The van der Waals surface area contributed by atoms with Crippen LogP contribution in [0, 0.1) is 0 Å². The number of quaternary nitrogens is 1. The van der Waals surface area contributed by atoms with Crippen LogP contribution in [0.2, 0.25) is 10.0 Å². The van der Waals surface area contributed by atoms with Crippen molar-refractivity contribution in [3.05, 3.63) is 58.1 Å². The van der Waals surface area contributed by atoms with Crippen LogP contribution < -0.4 is 15.0 Å². The molecule has 0 radical (unpaired) electrons. The van der Waals surface area contributed by atoms with Crippen molar-refractivity contribution in [2.45, 2.75) is 13.5 Å². The topological polar surface area (TPSA) is 42.8 Å². The molecule has 0 aliphatic rings. The van der Waals surface area contributed by atoms with E-state index in [-0.39, 0.29) is 5.91 Å². The molecule has 1 amide bonds. The van der Waals surface area contributed by atoms with E-state index in [1.165, 1.54) is 0 Å². The number of likely N-dealkylation sites (N-methyl/N-ethyl adjacent to an activating group) is 1. The smallest absolute Gasteiger partial charge is 0.279 e. The molecule has 1 atom stereocenters. The summed E-state index contributed by atoms with van der Waals surface area (Å²) in [6, 6.07) is 12.8. The predicted octanol–water partition coefficient (Wildman–Crippen LogP) is 3.05. The third kappa shape index (κ3) is 4.87. The monoisotopic (exact) mass is 367 g/mol. The Morgan fingerprint density at radius 3 is 2.42 bits per heavy atom. The summed E-state index contributed by atoms with van der Waals surface area (Å²) < 4.78 is 5.25. The van der Waals surface area contributed by atoms with Crippen LogP contribution in [0.25, 0.3) is 0 Å². The molecule has 2 rings (SSSR count). The van der Waals surface area contributed by atoms with Crippen molar-refractivity contribution in [2.24, 2.45) is 0 Å². The molecule has 0 heterocycles. The van der Waals surface area contributed by atoms with Crippen molar-refractivity contribution in [1.29, 1.82) is 0 Å². The highest BCUT2D eigenvalue weighted by Crippen LogP contribution is 2.24. The second kappa shape index (κ2) is 8.92. The van der Waals surface area contributed by atoms with E-state index in [0.29, 0.717) is 34.6 Å². The first-order chi connectivity index (χ1) is 11.5. The van der Waals surface area contributed by atoms with Gasteiger partial charge >= 0.3 is 0 Å². The minimum Gasteiger partial charge on any atom is -0.495 e. The van der Waals surface area contributed by atoms with Crippen LogP contribution in [0.1, 0.15) is 12.5 Å². The Morgan fingerprint density at radius 2 is 1.79 bits per heavy atom. The van der Waals surface area contributed by atoms with Crippen molar-refractivity contribution in [2.75, 3.05) is 25.5 Å². The summed E-state index contributed by atoms with van der Waals surface area (Å²) >= 11 is 12.4. The lowest BCUT2D eigenvalue weighted by molar-refractivity contribution is -0.903. The second-order valence-electron chi connectivity index (χ2n) is 5.41. The fraction of sp³-hybridized carbons (Fsp3) is 0.278. The molecule has 1 unspecified atom stereocenters. The van der Waals surface area contributed by atoms with E-state index in [1.807, 2.05) is 49.4 Å². The number of nitrogens with one attached hydrogen (secondary N) is 2. The quantitative estimate of drug-likeness (QED) is 0.789. The summed E-state index contributed by atoms with van der Waals surface area (Å²) in [7, 11) is 1.58. The van der Waals surface area contributed by atoms with E-state index in [9.17, 15) is 4.79 Å². The van der Waals surface area contributed by atoms with Crippen LogP contribution in [-0.4, -0.2) is 26.1 Å². The van der Waals surface area contributed by atoms with E-state index in [1.54, 1.807) is 7.11 Å². The van der Waals surface area contributed by atoms with Crippen LogP contribution in [-0.2, 0) is 11.3 Å². The lowest BCUT2D eigenvalue weighted by Gasteiger charge is -2.19. The van der Waals surface area contributed by atoms with E-state index in [4.69, 9.17) is 27.9 Å². The summed E-state index contributed by atoms with van der Waals surface area (Å²) in [6.45, 7) is 3.71. The van der Waals surface area contributed by atoms with Crippen LogP contribution in [0.4, 0.5) is 5.69 Å². The van der Waals surface area contributed by atoms with Gasteiger partial charge in [-0.1, -0.05) is 41.4 Å². The van der Waals surface area contributed by atoms with Gasteiger partial charge in [0.05, 0.1) is 29.4 Å². The molecule has 0 spiro atoms. The zero-order valence-corrected chi connectivity index (χ0v) is 15.2. The molecule has 128 valence electrons. The SMILES string of the molecule is CC[NH+](CC(=O)Nc1ccccc1OC)Cc1c(Cl)cccc1Cl. The van der Waals surface area contributed by atoms with Crippen LogP contribution in [0.15, 0.2) is 42.5 Å². The number of halogens is 2. The van der Waals surface area contributed by atoms with Gasteiger partial charge in [-0.2, -0.15) is 0 Å². The van der Waals surface area contributed by atoms with Crippen molar-refractivity contribution in [3.63, 3.8) is 0 Å². The fourth-order valence-electron chi connectivity index (χ4n) is 2.43. The van der Waals surface area contributed by atoms with E-state index in [2.05, 4.69) is 5.32 Å². The van der Waals surface area contributed by atoms with Gasteiger partial charge in [0.1, 0.15) is 12.3 Å². The Kier molecular flexibility index (Phi) is 6.91. The number of hydrogen-bond donors (Lipinski definition) is 2. The molecule has 0 fully saturated rings. The average Bonchev–Trinajstić information content (AvgIpc) is 2.57. The maximum atomic E-state index is 12.4. The van der Waals surface area contributed by atoms with E-state index >= 15 is 0 Å². The van der Waals surface area contributed by atoms with Gasteiger partial charge in [-0.3, -0.25) is 4.79 Å². The van der Waals surface area contributed by atoms with Gasteiger partial charge in [0, 0.05) is 5.56 Å². The summed E-state index contributed by atoms with van der Waals surface area (Å²) in [4.78, 5) is 13.4. The molecule has 0 saturated carbocycles. The Hall–Kier alpha value is -1.75. The van der Waals surface area contributed by atoms with Gasteiger partial charge in [0.25, 0.3) is 5.91 Å². The first-order valence-corrected chi connectivity index (χ1v) is 8.50. The van der Waals surface area contributed by atoms with Gasteiger partial charge in [-0.15, -0.1) is 0 Å². The van der Waals surface area contributed by atoms with Gasteiger partial charge in [-0.05, 0) is 31.2 Å². The molecule has 4 nitrogen and oxygen atoms in total. The number of carbonyl (C=O) groups is 1. The minimum absolute atomic E-state index is 0.0838. The summed E-state index contributed by atoms with van der Waals surface area (Å²) in [6.07, 6.45) is 0. The van der Waals surface area contributed by atoms with Crippen molar-refractivity contribution in [1.82, 2.24) is 0 Å². The molecule has 0 aromatic heterocycles. The molecule has 0 saturated heterocycles. The molecule has 24 heavy (non-hydrogen) atoms. The number of rotatable bonds is 7. The molecule has 0 aliphatic heterocycles. The highest BCUT2D eigenvalue weighted by molar-refractivity contribution is 6.35. The lowest BCUT2D eigenvalue weighted by atomic mass is 10.2. The number of anilines is 1. The average molecular weight is 368 g/mol. The maximum Gasteiger partial charge on any atom is 0.279 e. The number of hydrogen-bond acceptors (Lipinski definition) is 2. The maximum absolute atomic E-state index is 12.4. The number of carbonyl (C=O) groups excluding carboxylic acids is 1. The standard InChI is InChI=1S/C18H20Cl2N2O2/c1-3-22(11-13-14(19)7-6-8-15(13)20)12-18(23)21-16-9-4-5-10-17(16)24-2/h4-10H,3,11-12H2,1-2H3,(H,21,23)/p+1. The van der Waals surface area contributed by atoms with E-state index in [0.717, 1.165) is 17.0 Å². The normalized spacial score (nSPS) is 11.8. The van der Waals surface area contributed by atoms with E-state index < -0.39 is 0 Å². The van der Waals surface area contributed by atoms with Crippen molar-refractivity contribution >= 4 is 34.8 Å².